The maximum absolute atomic E-state index is 14.4. The van der Waals surface area contributed by atoms with E-state index in [4.69, 9.17) is 9.47 Å². The molecule has 140 valence electrons. The summed E-state index contributed by atoms with van der Waals surface area (Å²) in [5.41, 5.74) is 1.69. The largest absolute Gasteiger partial charge is 0.490 e. The number of benzene rings is 2. The molecule has 0 bridgehead atoms. The zero-order chi connectivity index (χ0) is 19.1. The van der Waals surface area contributed by atoms with Crippen LogP contribution in [0.5, 0.6) is 5.75 Å². The predicted octanol–water partition coefficient (Wildman–Crippen LogP) is 4.12. The van der Waals surface area contributed by atoms with E-state index < -0.39 is 0 Å². The molecular weight excluding hydrogens is 345 g/mol. The van der Waals surface area contributed by atoms with Gasteiger partial charge in [0, 0.05) is 18.7 Å². The fourth-order valence-corrected chi connectivity index (χ4v) is 2.82. The quantitative estimate of drug-likeness (QED) is 0.419. The van der Waals surface area contributed by atoms with Crippen molar-refractivity contribution in [2.24, 2.45) is 0 Å². The van der Waals surface area contributed by atoms with E-state index in [0.717, 1.165) is 11.3 Å². The summed E-state index contributed by atoms with van der Waals surface area (Å²) >= 11 is 0. The van der Waals surface area contributed by atoms with E-state index >= 15 is 0 Å². The van der Waals surface area contributed by atoms with E-state index in [1.54, 1.807) is 24.3 Å². The van der Waals surface area contributed by atoms with E-state index in [9.17, 15) is 9.18 Å². The summed E-state index contributed by atoms with van der Waals surface area (Å²) in [6.45, 7) is 6.51. The molecule has 5 heteroatoms. The summed E-state index contributed by atoms with van der Waals surface area (Å²) in [6, 6.07) is 12.0. The van der Waals surface area contributed by atoms with Crippen molar-refractivity contribution in [3.05, 3.63) is 78.1 Å². The van der Waals surface area contributed by atoms with Gasteiger partial charge < -0.3 is 14.4 Å². The minimum absolute atomic E-state index is 0.241. The number of nitrogens with zero attached hydrogens (tertiary/aromatic N) is 1. The number of carbonyl (C=O) groups excluding carboxylic acids is 1. The highest BCUT2D eigenvalue weighted by Gasteiger charge is 2.16. The Morgan fingerprint density at radius 3 is 2.59 bits per heavy atom. The molecule has 0 saturated carbocycles. The van der Waals surface area contributed by atoms with Gasteiger partial charge in [0.1, 0.15) is 18.2 Å². The van der Waals surface area contributed by atoms with Crippen molar-refractivity contribution in [2.45, 2.75) is 0 Å². The summed E-state index contributed by atoms with van der Waals surface area (Å²) in [5.74, 6) is 0.105. The highest BCUT2D eigenvalue weighted by atomic mass is 19.1. The molecule has 0 N–H and O–H groups in total. The van der Waals surface area contributed by atoms with Crippen LogP contribution in [0.1, 0.15) is 15.9 Å². The zero-order valence-electron chi connectivity index (χ0n) is 15.1. The highest BCUT2D eigenvalue weighted by Crippen LogP contribution is 2.22. The maximum atomic E-state index is 14.4. The summed E-state index contributed by atoms with van der Waals surface area (Å²) in [7, 11) is 0. The molecule has 0 radical (unpaired) electrons. The van der Waals surface area contributed by atoms with Crippen LogP contribution in [0.15, 0.2) is 61.2 Å². The molecule has 3 rings (SSSR count). The van der Waals surface area contributed by atoms with Gasteiger partial charge in [-0.1, -0.05) is 30.9 Å². The van der Waals surface area contributed by atoms with Crippen molar-refractivity contribution in [1.29, 1.82) is 0 Å². The molecule has 0 atom stereocenters. The number of morpholine rings is 1. The Labute approximate surface area is 158 Å². The summed E-state index contributed by atoms with van der Waals surface area (Å²) in [6.07, 6.45) is 4.83. The monoisotopic (exact) mass is 367 g/mol. The van der Waals surface area contributed by atoms with Crippen LogP contribution in [0.25, 0.3) is 6.08 Å². The normalized spacial score (nSPS) is 14.3. The van der Waals surface area contributed by atoms with Crippen LogP contribution in [0.3, 0.4) is 0 Å². The Morgan fingerprint density at radius 2 is 1.93 bits per heavy atom. The Kier molecular flexibility index (Phi) is 6.39. The third-order valence-corrected chi connectivity index (χ3v) is 4.26. The average Bonchev–Trinajstić information content (AvgIpc) is 2.71. The standard InChI is InChI=1S/C22H22FNO3/c1-2-13-27-19-7-3-17(4-8-19)5-10-22(25)18-6-9-21(20(23)16-18)24-11-14-26-15-12-24/h2-10,16H,1,11-15H2/b10-5+. The molecule has 1 heterocycles. The summed E-state index contributed by atoms with van der Waals surface area (Å²) in [4.78, 5) is 14.3. The van der Waals surface area contributed by atoms with E-state index in [1.165, 1.54) is 12.1 Å². The first-order chi connectivity index (χ1) is 13.2. The van der Waals surface area contributed by atoms with Crippen molar-refractivity contribution < 1.29 is 18.7 Å². The smallest absolute Gasteiger partial charge is 0.185 e. The van der Waals surface area contributed by atoms with Gasteiger partial charge in [0.05, 0.1) is 18.9 Å². The second-order valence-electron chi connectivity index (χ2n) is 6.13. The van der Waals surface area contributed by atoms with Crippen LogP contribution in [-0.2, 0) is 4.74 Å². The average molecular weight is 367 g/mol. The third-order valence-electron chi connectivity index (χ3n) is 4.26. The lowest BCUT2D eigenvalue weighted by molar-refractivity contribution is 0.104. The molecule has 2 aromatic rings. The van der Waals surface area contributed by atoms with Crippen LogP contribution in [0, 0.1) is 5.82 Å². The number of halogens is 1. The van der Waals surface area contributed by atoms with Crippen LogP contribution >= 0.6 is 0 Å². The van der Waals surface area contributed by atoms with Gasteiger partial charge in [0.25, 0.3) is 0 Å². The summed E-state index contributed by atoms with van der Waals surface area (Å²) in [5, 5.41) is 0. The molecule has 1 fully saturated rings. The molecule has 0 unspecified atom stereocenters. The molecule has 1 aliphatic heterocycles. The van der Waals surface area contributed by atoms with Crippen LogP contribution in [0.2, 0.25) is 0 Å². The first kappa shape index (κ1) is 18.9. The predicted molar refractivity (Wildman–Crippen MR) is 105 cm³/mol. The van der Waals surface area contributed by atoms with Gasteiger partial charge >= 0.3 is 0 Å². The first-order valence-electron chi connectivity index (χ1n) is 8.86. The Hall–Kier alpha value is -2.92. The number of rotatable bonds is 7. The summed E-state index contributed by atoms with van der Waals surface area (Å²) < 4.78 is 25.1. The fourth-order valence-electron chi connectivity index (χ4n) is 2.82. The maximum Gasteiger partial charge on any atom is 0.185 e. The van der Waals surface area contributed by atoms with Gasteiger partial charge in [0.15, 0.2) is 5.78 Å². The minimum atomic E-state index is -0.389. The van der Waals surface area contributed by atoms with Crippen molar-refractivity contribution >= 4 is 17.5 Å². The number of carbonyl (C=O) groups is 1. The Morgan fingerprint density at radius 1 is 1.19 bits per heavy atom. The first-order valence-corrected chi connectivity index (χ1v) is 8.86. The molecule has 1 saturated heterocycles. The zero-order valence-corrected chi connectivity index (χ0v) is 15.1. The molecule has 0 amide bonds. The lowest BCUT2D eigenvalue weighted by Gasteiger charge is -2.29. The van der Waals surface area contributed by atoms with Crippen LogP contribution in [0.4, 0.5) is 10.1 Å². The van der Waals surface area contributed by atoms with Gasteiger partial charge in [-0.2, -0.15) is 0 Å². The number of hydrogen-bond donors (Lipinski definition) is 0. The SMILES string of the molecule is C=CCOc1ccc(/C=C/C(=O)c2ccc(N3CCOCC3)c(F)c2)cc1. The number of allylic oxidation sites excluding steroid dienone is 1. The molecule has 27 heavy (non-hydrogen) atoms. The molecule has 4 nitrogen and oxygen atoms in total. The number of ether oxygens (including phenoxy) is 2. The number of ketones is 1. The van der Waals surface area contributed by atoms with Gasteiger partial charge in [-0.3, -0.25) is 4.79 Å². The van der Waals surface area contributed by atoms with Gasteiger partial charge in [-0.25, -0.2) is 4.39 Å². The van der Waals surface area contributed by atoms with E-state index in [2.05, 4.69) is 6.58 Å². The molecule has 0 aromatic heterocycles. The van der Waals surface area contributed by atoms with Gasteiger partial charge in [-0.15, -0.1) is 0 Å². The van der Waals surface area contributed by atoms with Crippen LogP contribution < -0.4 is 9.64 Å². The lowest BCUT2D eigenvalue weighted by Crippen LogP contribution is -2.36. The second-order valence-corrected chi connectivity index (χ2v) is 6.13. The van der Waals surface area contributed by atoms with Crippen molar-refractivity contribution in [2.75, 3.05) is 37.8 Å². The molecule has 2 aromatic carbocycles. The molecule has 1 aliphatic rings. The van der Waals surface area contributed by atoms with Crippen molar-refractivity contribution in [1.82, 2.24) is 0 Å². The number of hydrogen-bond acceptors (Lipinski definition) is 4. The topological polar surface area (TPSA) is 38.8 Å². The van der Waals surface area contributed by atoms with Crippen LogP contribution in [-0.4, -0.2) is 38.7 Å². The van der Waals surface area contributed by atoms with E-state index in [0.29, 0.717) is 44.2 Å². The lowest BCUT2D eigenvalue weighted by atomic mass is 10.1. The van der Waals surface area contributed by atoms with Crippen molar-refractivity contribution in [3.63, 3.8) is 0 Å². The Balaban J connectivity index is 1.65. The van der Waals surface area contributed by atoms with Crippen molar-refractivity contribution in [3.8, 4) is 5.75 Å². The van der Waals surface area contributed by atoms with E-state index in [1.807, 2.05) is 29.2 Å². The minimum Gasteiger partial charge on any atom is -0.490 e. The molecule has 0 aliphatic carbocycles. The fraction of sp³-hybridized carbons (Fsp3) is 0.227. The number of anilines is 1. The van der Waals surface area contributed by atoms with Gasteiger partial charge in [0.2, 0.25) is 0 Å². The Bertz CT molecular complexity index is 824. The van der Waals surface area contributed by atoms with Gasteiger partial charge in [-0.05, 0) is 42.0 Å². The second kappa shape index (κ2) is 9.14. The highest BCUT2D eigenvalue weighted by molar-refractivity contribution is 6.07. The molecular formula is C22H22FNO3. The van der Waals surface area contributed by atoms with E-state index in [-0.39, 0.29) is 11.6 Å². The third kappa shape index (κ3) is 5.05. The molecule has 0 spiro atoms.